The number of para-hydroxylation sites is 2. The molecule has 5 rings (SSSR count). The van der Waals surface area contributed by atoms with Gasteiger partial charge in [0.15, 0.2) is 11.3 Å². The maximum absolute atomic E-state index is 6.01. The van der Waals surface area contributed by atoms with Gasteiger partial charge in [0.25, 0.3) is 5.89 Å². The maximum Gasteiger partial charge on any atom is 0.283 e. The summed E-state index contributed by atoms with van der Waals surface area (Å²) in [6.45, 7) is 1.51. The summed E-state index contributed by atoms with van der Waals surface area (Å²) in [5.74, 6) is 2.31. The van der Waals surface area contributed by atoms with Crippen molar-refractivity contribution < 1.29 is 13.3 Å². The van der Waals surface area contributed by atoms with Crippen LogP contribution in [0.25, 0.3) is 22.8 Å². The average molecular weight is 350 g/mol. The molecule has 0 radical (unpaired) electrons. The molecule has 1 aliphatic heterocycles. The van der Waals surface area contributed by atoms with Crippen LogP contribution in [-0.4, -0.2) is 26.6 Å². The molecule has 7 nitrogen and oxygen atoms in total. The predicted octanol–water partition coefficient (Wildman–Crippen LogP) is 4.20. The van der Waals surface area contributed by atoms with E-state index in [4.69, 9.17) is 13.3 Å². The number of rotatable bonds is 4. The van der Waals surface area contributed by atoms with E-state index >= 15 is 0 Å². The molecule has 0 saturated carbocycles. The zero-order valence-electron chi connectivity index (χ0n) is 14.2. The minimum atomic E-state index is 0.120. The van der Waals surface area contributed by atoms with Gasteiger partial charge in [-0.1, -0.05) is 18.6 Å². The van der Waals surface area contributed by atoms with E-state index in [-0.39, 0.29) is 6.04 Å². The first-order valence-electron chi connectivity index (χ1n) is 8.82. The van der Waals surface area contributed by atoms with Gasteiger partial charge in [-0.25, -0.2) is 4.98 Å². The highest BCUT2D eigenvalue weighted by Gasteiger charge is 2.29. The van der Waals surface area contributed by atoms with Gasteiger partial charge >= 0.3 is 0 Å². The third kappa shape index (κ3) is 2.80. The highest BCUT2D eigenvalue weighted by atomic mass is 16.4. The van der Waals surface area contributed by atoms with Crippen molar-refractivity contribution >= 4 is 11.1 Å². The first-order chi connectivity index (χ1) is 12.9. The van der Waals surface area contributed by atoms with Crippen molar-refractivity contribution in [2.75, 3.05) is 6.54 Å². The molecule has 0 bridgehead atoms. The van der Waals surface area contributed by atoms with Crippen molar-refractivity contribution in [3.63, 3.8) is 0 Å². The van der Waals surface area contributed by atoms with Crippen LogP contribution >= 0.6 is 0 Å². The van der Waals surface area contributed by atoms with Crippen LogP contribution in [0.5, 0.6) is 0 Å². The van der Waals surface area contributed by atoms with Crippen LogP contribution in [-0.2, 0) is 6.54 Å². The number of piperidine rings is 1. The van der Waals surface area contributed by atoms with Gasteiger partial charge in [-0.3, -0.25) is 4.90 Å². The van der Waals surface area contributed by atoms with Crippen molar-refractivity contribution in [3.8, 4) is 11.7 Å². The van der Waals surface area contributed by atoms with Gasteiger partial charge in [0.05, 0.1) is 18.8 Å². The van der Waals surface area contributed by atoms with E-state index in [0.29, 0.717) is 24.1 Å². The van der Waals surface area contributed by atoms with Crippen LogP contribution in [0.3, 0.4) is 0 Å². The summed E-state index contributed by atoms with van der Waals surface area (Å²) in [4.78, 5) is 6.98. The zero-order chi connectivity index (χ0) is 17.3. The fourth-order valence-corrected chi connectivity index (χ4v) is 3.48. The van der Waals surface area contributed by atoms with Crippen LogP contribution < -0.4 is 0 Å². The summed E-state index contributed by atoms with van der Waals surface area (Å²) in [5, 5.41) is 8.25. The molecular formula is C19H18N4O3. The zero-order valence-corrected chi connectivity index (χ0v) is 14.2. The molecule has 1 aromatic carbocycles. The number of furan rings is 1. The third-order valence-corrected chi connectivity index (χ3v) is 4.75. The average Bonchev–Trinajstić information content (AvgIpc) is 3.42. The molecule has 4 aromatic rings. The van der Waals surface area contributed by atoms with E-state index in [0.717, 1.165) is 42.8 Å². The second-order valence-corrected chi connectivity index (χ2v) is 6.48. The Morgan fingerprint density at radius 1 is 1.04 bits per heavy atom. The van der Waals surface area contributed by atoms with Gasteiger partial charge in [0.1, 0.15) is 5.52 Å². The lowest BCUT2D eigenvalue weighted by molar-refractivity contribution is 0.109. The second-order valence-electron chi connectivity index (χ2n) is 6.48. The Balaban J connectivity index is 1.39. The SMILES string of the molecule is c1coc(-c2nnc(CN3CCCC[C@H]3c3nc4ccccc4o3)o2)c1. The lowest BCUT2D eigenvalue weighted by Crippen LogP contribution is -2.33. The van der Waals surface area contributed by atoms with Crippen molar-refractivity contribution in [2.24, 2.45) is 0 Å². The van der Waals surface area contributed by atoms with Crippen LogP contribution in [0.15, 0.2) is 55.9 Å². The largest absolute Gasteiger partial charge is 0.459 e. The smallest absolute Gasteiger partial charge is 0.283 e. The molecule has 1 fully saturated rings. The van der Waals surface area contributed by atoms with Crippen molar-refractivity contribution in [1.29, 1.82) is 0 Å². The normalized spacial score (nSPS) is 18.5. The van der Waals surface area contributed by atoms with Gasteiger partial charge in [-0.15, -0.1) is 10.2 Å². The highest BCUT2D eigenvalue weighted by molar-refractivity contribution is 5.72. The molecule has 132 valence electrons. The first kappa shape index (κ1) is 15.3. The number of benzene rings is 1. The monoisotopic (exact) mass is 350 g/mol. The quantitative estimate of drug-likeness (QED) is 0.545. The number of oxazole rings is 1. The molecule has 0 aliphatic carbocycles. The lowest BCUT2D eigenvalue weighted by atomic mass is 10.0. The molecule has 1 saturated heterocycles. The Labute approximate surface area is 149 Å². The van der Waals surface area contributed by atoms with Gasteiger partial charge in [-0.05, 0) is 43.7 Å². The van der Waals surface area contributed by atoms with E-state index in [2.05, 4.69) is 20.1 Å². The standard InChI is InChI=1S/C19H18N4O3/c1-2-8-15-13(6-1)20-18(25-15)14-7-3-4-10-23(14)12-17-21-22-19(26-17)16-9-5-11-24-16/h1-2,5-6,8-9,11,14H,3-4,7,10,12H2/t14-/m0/s1. The number of likely N-dealkylation sites (tertiary alicyclic amines) is 1. The Hall–Kier alpha value is -2.93. The van der Waals surface area contributed by atoms with E-state index in [9.17, 15) is 0 Å². The first-order valence-corrected chi connectivity index (χ1v) is 8.82. The second kappa shape index (κ2) is 6.42. The molecule has 4 heterocycles. The number of hydrogen-bond donors (Lipinski definition) is 0. The minimum Gasteiger partial charge on any atom is -0.459 e. The van der Waals surface area contributed by atoms with Gasteiger partial charge in [0.2, 0.25) is 11.8 Å². The predicted molar refractivity (Wildman–Crippen MR) is 93.0 cm³/mol. The van der Waals surface area contributed by atoms with Crippen molar-refractivity contribution in [2.45, 2.75) is 31.8 Å². The molecule has 1 aliphatic rings. The fraction of sp³-hybridized carbons (Fsp3) is 0.316. The molecule has 0 spiro atoms. The van der Waals surface area contributed by atoms with Crippen molar-refractivity contribution in [1.82, 2.24) is 20.1 Å². The summed E-state index contributed by atoms with van der Waals surface area (Å²) < 4.78 is 17.1. The van der Waals surface area contributed by atoms with Crippen LogP contribution in [0, 0.1) is 0 Å². The summed E-state index contributed by atoms with van der Waals surface area (Å²) in [6.07, 6.45) is 4.89. The maximum atomic E-state index is 6.01. The molecule has 0 amide bonds. The number of nitrogens with zero attached hydrogens (tertiary/aromatic N) is 4. The van der Waals surface area contributed by atoms with E-state index in [1.807, 2.05) is 24.3 Å². The lowest BCUT2D eigenvalue weighted by Gasteiger charge is -2.32. The van der Waals surface area contributed by atoms with Gasteiger partial charge < -0.3 is 13.3 Å². The Kier molecular flexibility index (Phi) is 3.79. The topological polar surface area (TPSA) is 81.3 Å². The van der Waals surface area contributed by atoms with Gasteiger partial charge in [0, 0.05) is 0 Å². The molecular weight excluding hydrogens is 332 g/mol. The molecule has 7 heteroatoms. The van der Waals surface area contributed by atoms with E-state index in [1.165, 1.54) is 0 Å². The van der Waals surface area contributed by atoms with E-state index in [1.54, 1.807) is 18.4 Å². The number of hydrogen-bond acceptors (Lipinski definition) is 7. The van der Waals surface area contributed by atoms with Crippen LogP contribution in [0.4, 0.5) is 0 Å². The molecule has 1 atom stereocenters. The van der Waals surface area contributed by atoms with Crippen molar-refractivity contribution in [3.05, 3.63) is 54.4 Å². The number of aromatic nitrogens is 3. The number of fused-ring (bicyclic) bond motifs is 1. The Bertz CT molecular complexity index is 972. The minimum absolute atomic E-state index is 0.120. The Morgan fingerprint density at radius 3 is 2.88 bits per heavy atom. The summed E-state index contributed by atoms with van der Waals surface area (Å²) in [5.41, 5.74) is 1.72. The molecule has 3 aromatic heterocycles. The summed E-state index contributed by atoms with van der Waals surface area (Å²) in [6, 6.07) is 11.6. The molecule has 0 N–H and O–H groups in total. The molecule has 26 heavy (non-hydrogen) atoms. The highest BCUT2D eigenvalue weighted by Crippen LogP contribution is 2.33. The molecule has 0 unspecified atom stereocenters. The Morgan fingerprint density at radius 2 is 2.00 bits per heavy atom. The van der Waals surface area contributed by atoms with E-state index < -0.39 is 0 Å². The van der Waals surface area contributed by atoms with Crippen LogP contribution in [0.2, 0.25) is 0 Å². The summed E-state index contributed by atoms with van der Waals surface area (Å²) in [7, 11) is 0. The van der Waals surface area contributed by atoms with Crippen LogP contribution in [0.1, 0.15) is 37.1 Å². The fourth-order valence-electron chi connectivity index (χ4n) is 3.48. The van der Waals surface area contributed by atoms with Gasteiger partial charge in [-0.2, -0.15) is 0 Å². The third-order valence-electron chi connectivity index (χ3n) is 4.75. The summed E-state index contributed by atoms with van der Waals surface area (Å²) >= 11 is 0.